The highest BCUT2D eigenvalue weighted by molar-refractivity contribution is 7.16. The molecule has 0 aliphatic carbocycles. The van der Waals surface area contributed by atoms with Gasteiger partial charge in [-0.15, -0.1) is 11.3 Å². The van der Waals surface area contributed by atoms with Gasteiger partial charge in [0, 0.05) is 5.38 Å². The third-order valence-electron chi connectivity index (χ3n) is 2.88. The van der Waals surface area contributed by atoms with Gasteiger partial charge in [0.05, 0.1) is 5.69 Å². The molecule has 0 aliphatic rings. The number of halogens is 1. The van der Waals surface area contributed by atoms with Crippen molar-refractivity contribution in [2.24, 2.45) is 0 Å². The van der Waals surface area contributed by atoms with E-state index in [1.807, 2.05) is 16.7 Å². The minimum absolute atomic E-state index is 0.225. The molecule has 0 bridgehead atoms. The number of aryl methyl sites for hydroxylation is 1. The van der Waals surface area contributed by atoms with Crippen molar-refractivity contribution in [1.29, 1.82) is 0 Å². The molecule has 1 aromatic carbocycles. The molecule has 2 aromatic heterocycles. The lowest BCUT2D eigenvalue weighted by Crippen LogP contribution is -1.94. The zero-order valence-corrected chi connectivity index (χ0v) is 10.1. The van der Waals surface area contributed by atoms with Gasteiger partial charge in [0.25, 0.3) is 0 Å². The second kappa shape index (κ2) is 3.60. The summed E-state index contributed by atoms with van der Waals surface area (Å²) in [7, 11) is 0. The van der Waals surface area contributed by atoms with Crippen LogP contribution in [-0.2, 0) is 0 Å². The highest BCUT2D eigenvalue weighted by Gasteiger charge is 2.11. The summed E-state index contributed by atoms with van der Waals surface area (Å²) in [5.74, 6) is 0.525. The average molecular weight is 246 g/mol. The molecule has 0 radical (unpaired) electrons. The third kappa shape index (κ3) is 1.52. The van der Waals surface area contributed by atoms with E-state index in [-0.39, 0.29) is 5.82 Å². The van der Waals surface area contributed by atoms with E-state index in [9.17, 15) is 4.39 Å². The Morgan fingerprint density at radius 1 is 1.24 bits per heavy atom. The topological polar surface area (TPSA) is 30.4 Å². The van der Waals surface area contributed by atoms with Gasteiger partial charge in [-0.2, -0.15) is 0 Å². The van der Waals surface area contributed by atoms with Crippen LogP contribution in [0.2, 0.25) is 0 Å². The number of nitrogens with zero attached hydrogens (tertiary/aromatic N) is 1. The molecule has 0 saturated carbocycles. The van der Waals surface area contributed by atoms with Gasteiger partial charge >= 0.3 is 0 Å². The van der Waals surface area contributed by atoms with Crippen molar-refractivity contribution in [3.63, 3.8) is 0 Å². The number of nitrogens with two attached hydrogens (primary N) is 1. The Kier molecular flexibility index (Phi) is 2.19. The zero-order chi connectivity index (χ0) is 12.0. The lowest BCUT2D eigenvalue weighted by atomic mass is 10.2. The Labute approximate surface area is 102 Å². The lowest BCUT2D eigenvalue weighted by molar-refractivity contribution is 0.628. The second-order valence-electron chi connectivity index (χ2n) is 4.01. The quantitative estimate of drug-likeness (QED) is 0.697. The van der Waals surface area contributed by atoms with Crippen molar-refractivity contribution >= 4 is 22.0 Å². The molecule has 3 rings (SSSR count). The van der Waals surface area contributed by atoms with E-state index in [0.717, 1.165) is 27.5 Å². The molecule has 86 valence electrons. The molecular formula is C13H11FN2S. The van der Waals surface area contributed by atoms with E-state index in [1.54, 1.807) is 23.5 Å². The highest BCUT2D eigenvalue weighted by atomic mass is 32.1. The van der Waals surface area contributed by atoms with Crippen molar-refractivity contribution in [3.05, 3.63) is 47.1 Å². The maximum atomic E-state index is 12.9. The molecule has 0 unspecified atom stereocenters. The molecular weight excluding hydrogens is 235 g/mol. The number of nitrogen functional groups attached to an aromatic ring is 1. The van der Waals surface area contributed by atoms with Crippen LogP contribution in [0.25, 0.3) is 16.1 Å². The Morgan fingerprint density at radius 2 is 1.94 bits per heavy atom. The second-order valence-corrected chi connectivity index (χ2v) is 4.90. The van der Waals surface area contributed by atoms with Crippen LogP contribution in [0.1, 0.15) is 5.56 Å². The van der Waals surface area contributed by atoms with Crippen LogP contribution in [0.5, 0.6) is 0 Å². The molecule has 0 fully saturated rings. The molecule has 2 nitrogen and oxygen atoms in total. The zero-order valence-electron chi connectivity index (χ0n) is 9.27. The van der Waals surface area contributed by atoms with Gasteiger partial charge in [-0.1, -0.05) is 0 Å². The Bertz CT molecular complexity index is 679. The van der Waals surface area contributed by atoms with Crippen LogP contribution < -0.4 is 5.73 Å². The van der Waals surface area contributed by atoms with E-state index in [4.69, 9.17) is 5.73 Å². The Morgan fingerprint density at radius 3 is 2.65 bits per heavy atom. The van der Waals surface area contributed by atoms with Gasteiger partial charge in [0.15, 0.2) is 0 Å². The normalized spacial score (nSPS) is 11.2. The van der Waals surface area contributed by atoms with Crippen LogP contribution in [0.15, 0.2) is 35.7 Å². The van der Waals surface area contributed by atoms with Crippen molar-refractivity contribution < 1.29 is 4.39 Å². The van der Waals surface area contributed by atoms with E-state index < -0.39 is 0 Å². The van der Waals surface area contributed by atoms with Gasteiger partial charge in [-0.25, -0.2) is 4.39 Å². The fourth-order valence-electron chi connectivity index (χ4n) is 1.94. The van der Waals surface area contributed by atoms with Crippen molar-refractivity contribution in [2.45, 2.75) is 6.92 Å². The number of rotatable bonds is 1. The number of hydrogen-bond donors (Lipinski definition) is 1. The van der Waals surface area contributed by atoms with Gasteiger partial charge in [-0.3, -0.25) is 4.40 Å². The molecule has 2 N–H and O–H groups in total. The van der Waals surface area contributed by atoms with Crippen LogP contribution in [0, 0.1) is 12.7 Å². The summed E-state index contributed by atoms with van der Waals surface area (Å²) in [4.78, 5) is 1.11. The maximum absolute atomic E-state index is 12.9. The van der Waals surface area contributed by atoms with Gasteiger partial charge < -0.3 is 5.73 Å². The van der Waals surface area contributed by atoms with Gasteiger partial charge in [-0.05, 0) is 48.4 Å². The minimum atomic E-state index is -0.225. The molecule has 4 heteroatoms. The standard InChI is InChI=1S/C13H11FN2S/c1-8-6-12-16(13(8)15)11(7-17-12)9-2-4-10(14)5-3-9/h2-7H,15H2,1H3. The SMILES string of the molecule is Cc1cc2scc(-c3ccc(F)cc3)n2c1N. The Balaban J connectivity index is 2.26. The Hall–Kier alpha value is -1.81. The first-order valence-electron chi connectivity index (χ1n) is 5.28. The summed E-state index contributed by atoms with van der Waals surface area (Å²) in [6, 6.07) is 8.53. The lowest BCUT2D eigenvalue weighted by Gasteiger charge is -2.02. The molecule has 0 atom stereocenters. The summed E-state index contributed by atoms with van der Waals surface area (Å²) < 4.78 is 14.9. The fourth-order valence-corrected chi connectivity index (χ4v) is 2.96. The van der Waals surface area contributed by atoms with E-state index >= 15 is 0 Å². The molecule has 2 heterocycles. The van der Waals surface area contributed by atoms with Crippen molar-refractivity contribution in [1.82, 2.24) is 4.40 Å². The number of thiazole rings is 1. The fraction of sp³-hybridized carbons (Fsp3) is 0.0769. The monoisotopic (exact) mass is 246 g/mol. The first kappa shape index (κ1) is 10.4. The first-order valence-corrected chi connectivity index (χ1v) is 6.16. The van der Waals surface area contributed by atoms with E-state index in [1.165, 1.54) is 12.1 Å². The summed E-state index contributed by atoms with van der Waals surface area (Å²) in [6.07, 6.45) is 0. The number of hydrogen-bond acceptors (Lipinski definition) is 2. The molecule has 3 aromatic rings. The number of benzene rings is 1. The smallest absolute Gasteiger partial charge is 0.123 e. The number of aromatic nitrogens is 1. The first-order chi connectivity index (χ1) is 8.16. The van der Waals surface area contributed by atoms with E-state index in [0.29, 0.717) is 0 Å². The maximum Gasteiger partial charge on any atom is 0.123 e. The van der Waals surface area contributed by atoms with Crippen LogP contribution in [0.4, 0.5) is 10.2 Å². The van der Waals surface area contributed by atoms with Crippen molar-refractivity contribution in [2.75, 3.05) is 5.73 Å². The predicted molar refractivity (Wildman–Crippen MR) is 69.8 cm³/mol. The summed E-state index contributed by atoms with van der Waals surface area (Å²) in [5, 5.41) is 2.04. The highest BCUT2D eigenvalue weighted by Crippen LogP contribution is 2.31. The van der Waals surface area contributed by atoms with E-state index in [2.05, 4.69) is 6.07 Å². The van der Waals surface area contributed by atoms with Crippen LogP contribution >= 0.6 is 11.3 Å². The van der Waals surface area contributed by atoms with Gasteiger partial charge in [0.2, 0.25) is 0 Å². The van der Waals surface area contributed by atoms with Gasteiger partial charge in [0.1, 0.15) is 16.5 Å². The molecule has 0 spiro atoms. The summed E-state index contributed by atoms with van der Waals surface area (Å²) >= 11 is 1.64. The minimum Gasteiger partial charge on any atom is -0.385 e. The average Bonchev–Trinajstić information content (AvgIpc) is 2.83. The number of fused-ring (bicyclic) bond motifs is 1. The molecule has 17 heavy (non-hydrogen) atoms. The van der Waals surface area contributed by atoms with Crippen molar-refractivity contribution in [3.8, 4) is 11.3 Å². The summed E-state index contributed by atoms with van der Waals surface area (Å²) in [5.41, 5.74) is 9.10. The molecule has 0 amide bonds. The predicted octanol–water partition coefficient (Wildman–Crippen LogP) is 3.70. The number of anilines is 1. The molecule has 0 saturated heterocycles. The van der Waals surface area contributed by atoms with Crippen LogP contribution in [0.3, 0.4) is 0 Å². The van der Waals surface area contributed by atoms with Crippen LogP contribution in [-0.4, -0.2) is 4.40 Å². The molecule has 0 aliphatic heterocycles. The third-order valence-corrected chi connectivity index (χ3v) is 3.76. The summed E-state index contributed by atoms with van der Waals surface area (Å²) in [6.45, 7) is 1.99. The largest absolute Gasteiger partial charge is 0.385 e.